The second kappa shape index (κ2) is 4.71. The molecule has 0 amide bonds. The molecule has 0 aliphatic carbocycles. The summed E-state index contributed by atoms with van der Waals surface area (Å²) in [6.07, 6.45) is 4.32. The van der Waals surface area contributed by atoms with Gasteiger partial charge in [-0.3, -0.25) is 0 Å². The zero-order valence-corrected chi connectivity index (χ0v) is 12.0. The first-order chi connectivity index (χ1) is 10.3. The molecule has 2 aromatic rings. The number of fused-ring (bicyclic) bond motifs is 1. The number of hydrogen-bond acceptors (Lipinski definition) is 4. The van der Waals surface area contributed by atoms with Crippen molar-refractivity contribution in [3.8, 4) is 6.07 Å². The average molecular weight is 278 g/mol. The van der Waals surface area contributed by atoms with Gasteiger partial charge in [0.15, 0.2) is 0 Å². The van der Waals surface area contributed by atoms with Gasteiger partial charge in [0.25, 0.3) is 0 Å². The van der Waals surface area contributed by atoms with Gasteiger partial charge in [0.2, 0.25) is 0 Å². The molecule has 2 aliphatic rings. The summed E-state index contributed by atoms with van der Waals surface area (Å²) in [5.74, 6) is 0.980. The monoisotopic (exact) mass is 278 g/mol. The number of rotatable bonds is 1. The molecule has 4 heteroatoms. The van der Waals surface area contributed by atoms with Crippen molar-refractivity contribution < 1.29 is 0 Å². The summed E-state index contributed by atoms with van der Waals surface area (Å²) in [6.45, 7) is 4.32. The van der Waals surface area contributed by atoms with Gasteiger partial charge < -0.3 is 10.2 Å². The molecular weight excluding hydrogens is 260 g/mol. The van der Waals surface area contributed by atoms with Crippen molar-refractivity contribution >= 4 is 16.6 Å². The van der Waals surface area contributed by atoms with Crippen LogP contribution in [0, 0.1) is 16.7 Å². The van der Waals surface area contributed by atoms with Gasteiger partial charge in [-0.1, -0.05) is 12.1 Å². The van der Waals surface area contributed by atoms with E-state index in [1.807, 2.05) is 24.4 Å². The zero-order chi connectivity index (χ0) is 14.3. The molecule has 1 unspecified atom stereocenters. The number of pyridine rings is 1. The number of nitrogens with one attached hydrogen (secondary N) is 1. The van der Waals surface area contributed by atoms with Gasteiger partial charge in [-0.15, -0.1) is 0 Å². The third-order valence-electron chi connectivity index (χ3n) is 4.96. The predicted octanol–water partition coefficient (Wildman–Crippen LogP) is 2.30. The Morgan fingerprint density at radius 3 is 3.05 bits per heavy atom. The summed E-state index contributed by atoms with van der Waals surface area (Å²) in [5.41, 5.74) is 1.13. The Balaban J connectivity index is 1.79. The molecule has 4 nitrogen and oxygen atoms in total. The van der Waals surface area contributed by atoms with Gasteiger partial charge in [-0.2, -0.15) is 5.26 Å². The first-order valence-corrected chi connectivity index (χ1v) is 7.55. The van der Waals surface area contributed by atoms with E-state index < -0.39 is 0 Å². The van der Waals surface area contributed by atoms with E-state index in [4.69, 9.17) is 0 Å². The van der Waals surface area contributed by atoms with Crippen LogP contribution in [0.15, 0.2) is 30.5 Å². The van der Waals surface area contributed by atoms with Crippen LogP contribution in [0.25, 0.3) is 10.8 Å². The zero-order valence-electron chi connectivity index (χ0n) is 12.0. The highest BCUT2D eigenvalue weighted by atomic mass is 15.2. The minimum absolute atomic E-state index is 0.408. The second-order valence-electron chi connectivity index (χ2n) is 6.25. The molecule has 1 aromatic carbocycles. The summed E-state index contributed by atoms with van der Waals surface area (Å²) >= 11 is 0. The fraction of sp³-hybridized carbons (Fsp3) is 0.412. The van der Waals surface area contributed by atoms with Crippen molar-refractivity contribution in [1.82, 2.24) is 10.3 Å². The molecule has 0 saturated carbocycles. The van der Waals surface area contributed by atoms with Crippen molar-refractivity contribution in [2.24, 2.45) is 5.41 Å². The smallest absolute Gasteiger partial charge is 0.137 e. The summed E-state index contributed by atoms with van der Waals surface area (Å²) < 4.78 is 0. The van der Waals surface area contributed by atoms with Crippen LogP contribution in [0.1, 0.15) is 18.4 Å². The topological polar surface area (TPSA) is 52.0 Å². The Labute approximate surface area is 124 Å². The highest BCUT2D eigenvalue weighted by molar-refractivity contribution is 5.96. The van der Waals surface area contributed by atoms with E-state index in [-0.39, 0.29) is 0 Å². The largest absolute Gasteiger partial charge is 0.355 e. The van der Waals surface area contributed by atoms with E-state index >= 15 is 0 Å². The quantitative estimate of drug-likeness (QED) is 0.869. The molecule has 2 aliphatic heterocycles. The molecule has 3 heterocycles. The molecule has 0 bridgehead atoms. The Hall–Kier alpha value is -2.12. The SMILES string of the molecule is N#Cc1cccc2ccnc(N3CCC4(CCNC4)C3)c12. The molecule has 1 spiro atoms. The Bertz CT molecular complexity index is 720. The summed E-state index contributed by atoms with van der Waals surface area (Å²) in [7, 11) is 0. The highest BCUT2D eigenvalue weighted by Crippen LogP contribution is 2.39. The molecular formula is C17H18N4. The van der Waals surface area contributed by atoms with Crippen LogP contribution in [-0.4, -0.2) is 31.2 Å². The molecule has 1 N–H and O–H groups in total. The van der Waals surface area contributed by atoms with E-state index in [1.165, 1.54) is 12.8 Å². The molecule has 1 atom stereocenters. The number of nitrogens with zero attached hydrogens (tertiary/aromatic N) is 3. The molecule has 0 radical (unpaired) electrons. The van der Waals surface area contributed by atoms with Crippen molar-refractivity contribution in [2.75, 3.05) is 31.1 Å². The molecule has 2 saturated heterocycles. The first-order valence-electron chi connectivity index (χ1n) is 7.55. The lowest BCUT2D eigenvalue weighted by atomic mass is 9.86. The summed E-state index contributed by atoms with van der Waals surface area (Å²) in [6, 6.07) is 10.2. The molecule has 4 rings (SSSR count). The van der Waals surface area contributed by atoms with Crippen molar-refractivity contribution in [2.45, 2.75) is 12.8 Å². The summed E-state index contributed by atoms with van der Waals surface area (Å²) in [5, 5.41) is 15.0. The van der Waals surface area contributed by atoms with Gasteiger partial charge in [0.1, 0.15) is 5.82 Å². The van der Waals surface area contributed by atoms with Gasteiger partial charge in [0.05, 0.1) is 11.6 Å². The maximum absolute atomic E-state index is 9.40. The molecule has 2 fully saturated rings. The second-order valence-corrected chi connectivity index (χ2v) is 6.25. The number of benzene rings is 1. The molecule has 21 heavy (non-hydrogen) atoms. The van der Waals surface area contributed by atoms with Crippen molar-refractivity contribution in [1.29, 1.82) is 5.26 Å². The highest BCUT2D eigenvalue weighted by Gasteiger charge is 2.41. The number of aromatic nitrogens is 1. The number of anilines is 1. The third-order valence-corrected chi connectivity index (χ3v) is 4.96. The van der Waals surface area contributed by atoms with Crippen molar-refractivity contribution in [3.63, 3.8) is 0 Å². The van der Waals surface area contributed by atoms with Crippen LogP contribution in [0.3, 0.4) is 0 Å². The van der Waals surface area contributed by atoms with E-state index in [2.05, 4.69) is 27.3 Å². The van der Waals surface area contributed by atoms with Crippen LogP contribution >= 0.6 is 0 Å². The van der Waals surface area contributed by atoms with E-state index in [0.29, 0.717) is 5.41 Å². The van der Waals surface area contributed by atoms with Gasteiger partial charge in [-0.05, 0) is 36.9 Å². The molecule has 106 valence electrons. The van der Waals surface area contributed by atoms with E-state index in [0.717, 1.165) is 48.3 Å². The summed E-state index contributed by atoms with van der Waals surface area (Å²) in [4.78, 5) is 6.98. The van der Waals surface area contributed by atoms with Crippen LogP contribution in [0.2, 0.25) is 0 Å². The van der Waals surface area contributed by atoms with E-state index in [1.54, 1.807) is 0 Å². The van der Waals surface area contributed by atoms with Crippen LogP contribution in [0.5, 0.6) is 0 Å². The standard InChI is InChI=1S/C17H18N4/c18-10-14-3-1-2-13-4-7-20-16(15(13)14)21-9-6-17(12-21)5-8-19-11-17/h1-4,7,19H,5-6,8-9,11-12H2. The fourth-order valence-electron chi connectivity index (χ4n) is 3.80. The minimum atomic E-state index is 0.408. The number of hydrogen-bond donors (Lipinski definition) is 1. The number of nitriles is 1. The lowest BCUT2D eigenvalue weighted by Gasteiger charge is -2.24. The fourth-order valence-corrected chi connectivity index (χ4v) is 3.80. The van der Waals surface area contributed by atoms with Gasteiger partial charge in [0, 0.05) is 36.6 Å². The Kier molecular flexibility index (Phi) is 2.83. The van der Waals surface area contributed by atoms with Crippen LogP contribution in [-0.2, 0) is 0 Å². The van der Waals surface area contributed by atoms with Gasteiger partial charge >= 0.3 is 0 Å². The predicted molar refractivity (Wildman–Crippen MR) is 83.2 cm³/mol. The van der Waals surface area contributed by atoms with E-state index in [9.17, 15) is 5.26 Å². The Morgan fingerprint density at radius 2 is 2.24 bits per heavy atom. The van der Waals surface area contributed by atoms with Crippen molar-refractivity contribution in [3.05, 3.63) is 36.0 Å². The third kappa shape index (κ3) is 1.97. The average Bonchev–Trinajstić information content (AvgIpc) is 3.16. The minimum Gasteiger partial charge on any atom is -0.355 e. The van der Waals surface area contributed by atoms with Gasteiger partial charge in [-0.25, -0.2) is 4.98 Å². The molecule has 1 aromatic heterocycles. The maximum Gasteiger partial charge on any atom is 0.137 e. The first kappa shape index (κ1) is 12.6. The maximum atomic E-state index is 9.40. The normalized spacial score (nSPS) is 24.8. The van der Waals surface area contributed by atoms with Crippen LogP contribution in [0.4, 0.5) is 5.82 Å². The lowest BCUT2D eigenvalue weighted by molar-refractivity contribution is 0.369. The Morgan fingerprint density at radius 1 is 1.29 bits per heavy atom. The lowest BCUT2D eigenvalue weighted by Crippen LogP contribution is -2.29. The van der Waals surface area contributed by atoms with Crippen LogP contribution < -0.4 is 10.2 Å².